The number of rotatable bonds is 7. The number of amides is 2. The van der Waals surface area contributed by atoms with Crippen LogP contribution >= 0.6 is 0 Å². The number of nitrogens with zero attached hydrogens (tertiary/aromatic N) is 3. The molecule has 0 aliphatic carbocycles. The largest absolute Gasteiger partial charge is 0.497 e. The fraction of sp³-hybridized carbons (Fsp3) is 0.333. The van der Waals surface area contributed by atoms with Crippen molar-refractivity contribution in [2.24, 2.45) is 0 Å². The van der Waals surface area contributed by atoms with Gasteiger partial charge in [-0.3, -0.25) is 9.59 Å². The standard InChI is InChI=1S/C30H32FN3O4/c1-37-20-19-34-28(21-7-9-22(31)10-8-21)27(25-5-3-4-6-26(25)29(34)35)30(36)33-17-15-32(16-18-33)23-11-13-24(38-2)14-12-23/h3-14,27-28H,15-20H2,1-2H3/t27-,28-/m1/s1. The van der Waals surface area contributed by atoms with Crippen LogP contribution in [0.1, 0.15) is 33.4 Å². The lowest BCUT2D eigenvalue weighted by atomic mass is 9.78. The fourth-order valence-corrected chi connectivity index (χ4v) is 5.50. The van der Waals surface area contributed by atoms with E-state index in [0.29, 0.717) is 50.5 Å². The highest BCUT2D eigenvalue weighted by molar-refractivity contribution is 6.01. The van der Waals surface area contributed by atoms with E-state index >= 15 is 0 Å². The lowest BCUT2D eigenvalue weighted by Gasteiger charge is -2.44. The van der Waals surface area contributed by atoms with E-state index in [0.717, 1.165) is 17.0 Å². The average molecular weight is 518 g/mol. The Morgan fingerprint density at radius 3 is 2.26 bits per heavy atom. The van der Waals surface area contributed by atoms with E-state index in [1.54, 1.807) is 37.3 Å². The molecule has 0 bridgehead atoms. The maximum atomic E-state index is 14.3. The first kappa shape index (κ1) is 25.7. The van der Waals surface area contributed by atoms with Crippen LogP contribution in [0.3, 0.4) is 0 Å². The number of benzene rings is 3. The zero-order valence-electron chi connectivity index (χ0n) is 21.7. The Morgan fingerprint density at radius 2 is 1.61 bits per heavy atom. The summed E-state index contributed by atoms with van der Waals surface area (Å²) in [5.41, 5.74) is 3.04. The number of anilines is 1. The Labute approximate surface area is 222 Å². The second-order valence-corrected chi connectivity index (χ2v) is 9.56. The zero-order valence-corrected chi connectivity index (χ0v) is 21.7. The first-order chi connectivity index (χ1) is 18.5. The van der Waals surface area contributed by atoms with E-state index in [-0.39, 0.29) is 17.6 Å². The van der Waals surface area contributed by atoms with Crippen LogP contribution < -0.4 is 9.64 Å². The smallest absolute Gasteiger partial charge is 0.254 e. The molecule has 0 N–H and O–H groups in total. The van der Waals surface area contributed by atoms with Gasteiger partial charge in [-0.2, -0.15) is 0 Å². The van der Waals surface area contributed by atoms with E-state index in [9.17, 15) is 14.0 Å². The monoisotopic (exact) mass is 517 g/mol. The zero-order chi connectivity index (χ0) is 26.6. The van der Waals surface area contributed by atoms with Crippen molar-refractivity contribution in [3.8, 4) is 5.75 Å². The van der Waals surface area contributed by atoms with Crippen LogP contribution in [-0.4, -0.2) is 75.2 Å². The molecule has 5 rings (SSSR count). The van der Waals surface area contributed by atoms with E-state index in [1.807, 2.05) is 47.4 Å². The Bertz CT molecular complexity index is 1270. The molecule has 1 saturated heterocycles. The summed E-state index contributed by atoms with van der Waals surface area (Å²) in [5.74, 6) is -0.356. The quantitative estimate of drug-likeness (QED) is 0.472. The number of fused-ring (bicyclic) bond motifs is 1. The highest BCUT2D eigenvalue weighted by Gasteiger charge is 2.45. The Morgan fingerprint density at radius 1 is 0.921 bits per heavy atom. The number of halogens is 1. The van der Waals surface area contributed by atoms with E-state index in [4.69, 9.17) is 9.47 Å². The molecule has 7 nitrogen and oxygen atoms in total. The molecule has 2 amide bonds. The summed E-state index contributed by atoms with van der Waals surface area (Å²) >= 11 is 0. The molecule has 3 aromatic carbocycles. The number of carbonyl (C=O) groups is 2. The molecule has 2 aliphatic rings. The van der Waals surface area contributed by atoms with Gasteiger partial charge < -0.3 is 24.2 Å². The molecule has 0 saturated carbocycles. The van der Waals surface area contributed by atoms with Crippen LogP contribution in [0.15, 0.2) is 72.8 Å². The van der Waals surface area contributed by atoms with Crippen molar-refractivity contribution in [3.05, 3.63) is 95.3 Å². The van der Waals surface area contributed by atoms with Crippen LogP contribution in [0.5, 0.6) is 5.75 Å². The molecule has 0 aromatic heterocycles. The van der Waals surface area contributed by atoms with E-state index < -0.39 is 12.0 Å². The van der Waals surface area contributed by atoms with Gasteiger partial charge in [0, 0.05) is 51.1 Å². The van der Waals surface area contributed by atoms with Crippen LogP contribution in [0.4, 0.5) is 10.1 Å². The number of hydrogen-bond acceptors (Lipinski definition) is 5. The SMILES string of the molecule is COCCN1C(=O)c2ccccc2[C@@H](C(=O)N2CCN(c3ccc(OC)cc3)CC2)[C@H]1c1ccc(F)cc1. The van der Waals surface area contributed by atoms with E-state index in [1.165, 1.54) is 12.1 Å². The summed E-state index contributed by atoms with van der Waals surface area (Å²) in [6, 6.07) is 20.8. The van der Waals surface area contributed by atoms with Gasteiger partial charge in [0.1, 0.15) is 11.6 Å². The van der Waals surface area contributed by atoms with Gasteiger partial charge in [0.15, 0.2) is 0 Å². The molecular formula is C30H32FN3O4. The predicted molar refractivity (Wildman–Crippen MR) is 143 cm³/mol. The molecule has 1 fully saturated rings. The van der Waals surface area contributed by atoms with Crippen molar-refractivity contribution in [1.82, 2.24) is 9.80 Å². The lowest BCUT2D eigenvalue weighted by Crippen LogP contribution is -2.53. The highest BCUT2D eigenvalue weighted by atomic mass is 19.1. The second kappa shape index (κ2) is 11.2. The number of carbonyl (C=O) groups excluding carboxylic acids is 2. The third-order valence-corrected chi connectivity index (χ3v) is 7.48. The van der Waals surface area contributed by atoms with Crippen LogP contribution in [0.2, 0.25) is 0 Å². The maximum absolute atomic E-state index is 14.3. The molecule has 2 heterocycles. The van der Waals surface area contributed by atoms with Gasteiger partial charge in [-0.1, -0.05) is 30.3 Å². The molecule has 0 radical (unpaired) electrons. The summed E-state index contributed by atoms with van der Waals surface area (Å²) in [5, 5.41) is 0. The van der Waals surface area contributed by atoms with Gasteiger partial charge in [0.25, 0.3) is 5.91 Å². The molecular weight excluding hydrogens is 485 g/mol. The normalized spacial score (nSPS) is 19.3. The number of ether oxygens (including phenoxy) is 2. The number of hydrogen-bond donors (Lipinski definition) is 0. The van der Waals surface area contributed by atoms with Crippen molar-refractivity contribution >= 4 is 17.5 Å². The molecule has 2 atom stereocenters. The minimum atomic E-state index is -0.612. The molecule has 8 heteroatoms. The minimum Gasteiger partial charge on any atom is -0.497 e. The molecule has 198 valence electrons. The summed E-state index contributed by atoms with van der Waals surface area (Å²) in [6.07, 6.45) is 0. The summed E-state index contributed by atoms with van der Waals surface area (Å²) in [6.45, 7) is 3.16. The number of methoxy groups -OCH3 is 2. The minimum absolute atomic E-state index is 0.0314. The van der Waals surface area contributed by atoms with Gasteiger partial charge >= 0.3 is 0 Å². The Hall–Kier alpha value is -3.91. The van der Waals surface area contributed by atoms with Crippen LogP contribution in [0.25, 0.3) is 0 Å². The van der Waals surface area contributed by atoms with Crippen LogP contribution in [-0.2, 0) is 9.53 Å². The second-order valence-electron chi connectivity index (χ2n) is 9.56. The Kier molecular flexibility index (Phi) is 7.60. The predicted octanol–water partition coefficient (Wildman–Crippen LogP) is 4.11. The molecule has 2 aliphatic heterocycles. The average Bonchev–Trinajstić information content (AvgIpc) is 2.97. The van der Waals surface area contributed by atoms with Crippen molar-refractivity contribution < 1.29 is 23.5 Å². The summed E-state index contributed by atoms with van der Waals surface area (Å²) in [4.78, 5) is 33.7. The van der Waals surface area contributed by atoms with Gasteiger partial charge in [-0.05, 0) is 53.6 Å². The van der Waals surface area contributed by atoms with Crippen molar-refractivity contribution in [3.63, 3.8) is 0 Å². The molecule has 0 spiro atoms. The lowest BCUT2D eigenvalue weighted by molar-refractivity contribution is -0.135. The van der Waals surface area contributed by atoms with Crippen LogP contribution in [0, 0.1) is 5.82 Å². The molecule has 38 heavy (non-hydrogen) atoms. The number of piperazine rings is 1. The molecule has 3 aromatic rings. The van der Waals surface area contributed by atoms with Gasteiger partial charge in [0.2, 0.25) is 5.91 Å². The summed E-state index contributed by atoms with van der Waals surface area (Å²) < 4.78 is 24.4. The molecule has 0 unspecified atom stereocenters. The van der Waals surface area contributed by atoms with Gasteiger partial charge in [-0.25, -0.2) is 4.39 Å². The van der Waals surface area contributed by atoms with E-state index in [2.05, 4.69) is 4.90 Å². The third-order valence-electron chi connectivity index (χ3n) is 7.48. The first-order valence-corrected chi connectivity index (χ1v) is 12.8. The topological polar surface area (TPSA) is 62.3 Å². The maximum Gasteiger partial charge on any atom is 0.254 e. The third kappa shape index (κ3) is 4.96. The Balaban J connectivity index is 1.46. The van der Waals surface area contributed by atoms with Crippen molar-refractivity contribution in [1.29, 1.82) is 0 Å². The highest BCUT2D eigenvalue weighted by Crippen LogP contribution is 2.43. The van der Waals surface area contributed by atoms with Gasteiger partial charge in [0.05, 0.1) is 25.7 Å². The first-order valence-electron chi connectivity index (χ1n) is 12.8. The fourth-order valence-electron chi connectivity index (χ4n) is 5.50. The van der Waals surface area contributed by atoms with Gasteiger partial charge in [-0.15, -0.1) is 0 Å². The summed E-state index contributed by atoms with van der Waals surface area (Å²) in [7, 11) is 3.23. The van der Waals surface area contributed by atoms with Crippen molar-refractivity contribution in [2.75, 3.05) is 58.5 Å². The van der Waals surface area contributed by atoms with Crippen molar-refractivity contribution in [2.45, 2.75) is 12.0 Å².